The van der Waals surface area contributed by atoms with Crippen LogP contribution in [-0.4, -0.2) is 15.5 Å². The Morgan fingerprint density at radius 2 is 2.10 bits per heavy atom. The van der Waals surface area contributed by atoms with Crippen LogP contribution in [0.2, 0.25) is 5.02 Å². The van der Waals surface area contributed by atoms with Crippen LogP contribution in [0.1, 0.15) is 4.88 Å². The van der Waals surface area contributed by atoms with Crippen molar-refractivity contribution < 1.29 is 12.8 Å². The van der Waals surface area contributed by atoms with E-state index in [-0.39, 0.29) is 15.6 Å². The molecule has 0 amide bonds. The predicted octanol–water partition coefficient (Wildman–Crippen LogP) is 3.06. The first-order valence-electron chi connectivity index (χ1n) is 5.63. The summed E-state index contributed by atoms with van der Waals surface area (Å²) in [5.74, 6) is -0.677. The number of hydrogen-bond donors (Lipinski definition) is 2. The maximum absolute atomic E-state index is 13.6. The van der Waals surface area contributed by atoms with E-state index in [9.17, 15) is 12.8 Å². The van der Waals surface area contributed by atoms with Crippen molar-refractivity contribution in [3.8, 4) is 0 Å². The highest BCUT2D eigenvalue weighted by Crippen LogP contribution is 2.26. The van der Waals surface area contributed by atoms with E-state index in [1.807, 2.05) is 0 Å². The molecule has 0 atom stereocenters. The van der Waals surface area contributed by atoms with Crippen LogP contribution in [0.25, 0.3) is 0 Å². The van der Waals surface area contributed by atoms with Crippen molar-refractivity contribution in [1.29, 1.82) is 0 Å². The third-order valence-electron chi connectivity index (χ3n) is 2.50. The normalized spacial score (nSPS) is 11.6. The van der Waals surface area contributed by atoms with Gasteiger partial charge in [0.05, 0.1) is 5.69 Å². The Hall–Kier alpha value is -1.15. The second-order valence-corrected chi connectivity index (χ2v) is 7.06. The molecule has 0 aliphatic rings. The molecular weight excluding hydrogens is 323 g/mol. The summed E-state index contributed by atoms with van der Waals surface area (Å²) in [5, 5.41) is 4.82. The first-order chi connectivity index (χ1) is 9.44. The maximum Gasteiger partial charge on any atom is 0.263 e. The Labute approximate surface area is 125 Å². The van der Waals surface area contributed by atoms with Gasteiger partial charge < -0.3 is 5.32 Å². The number of hydrogen-bond acceptors (Lipinski definition) is 4. The van der Waals surface area contributed by atoms with E-state index >= 15 is 0 Å². The van der Waals surface area contributed by atoms with E-state index in [2.05, 4.69) is 10.0 Å². The Morgan fingerprint density at radius 1 is 1.35 bits per heavy atom. The Morgan fingerprint density at radius 3 is 2.80 bits per heavy atom. The molecular formula is C12H12ClFN2O2S2. The van der Waals surface area contributed by atoms with Crippen molar-refractivity contribution in [2.24, 2.45) is 0 Å². The minimum atomic E-state index is -3.84. The molecule has 2 N–H and O–H groups in total. The maximum atomic E-state index is 13.6. The van der Waals surface area contributed by atoms with E-state index in [0.29, 0.717) is 11.4 Å². The molecule has 0 saturated carbocycles. The molecule has 8 heteroatoms. The van der Waals surface area contributed by atoms with Crippen molar-refractivity contribution in [2.75, 3.05) is 11.8 Å². The molecule has 1 aromatic heterocycles. The Balaban J connectivity index is 2.36. The van der Waals surface area contributed by atoms with Crippen molar-refractivity contribution in [3.63, 3.8) is 0 Å². The quantitative estimate of drug-likeness (QED) is 0.883. The molecule has 2 aromatic rings. The van der Waals surface area contributed by atoms with Gasteiger partial charge in [-0.3, -0.25) is 4.72 Å². The minimum absolute atomic E-state index is 0.135. The third kappa shape index (κ3) is 3.29. The molecule has 20 heavy (non-hydrogen) atoms. The van der Waals surface area contributed by atoms with Gasteiger partial charge in [-0.15, -0.1) is 11.3 Å². The van der Waals surface area contributed by atoms with Gasteiger partial charge in [-0.1, -0.05) is 11.6 Å². The lowest BCUT2D eigenvalue weighted by atomic mass is 10.3. The summed E-state index contributed by atoms with van der Waals surface area (Å²) in [6.07, 6.45) is 0. The minimum Gasteiger partial charge on any atom is -0.315 e. The number of anilines is 1. The molecule has 0 fully saturated rings. The lowest BCUT2D eigenvalue weighted by molar-refractivity contribution is 0.597. The summed E-state index contributed by atoms with van der Waals surface area (Å²) >= 11 is 7.06. The number of rotatable bonds is 5. The lowest BCUT2D eigenvalue weighted by Gasteiger charge is -2.10. The summed E-state index contributed by atoms with van der Waals surface area (Å²) in [6, 6.07) is 5.19. The van der Waals surface area contributed by atoms with E-state index in [1.165, 1.54) is 29.5 Å². The van der Waals surface area contributed by atoms with Crippen LogP contribution in [0, 0.1) is 5.82 Å². The van der Waals surface area contributed by atoms with Crippen LogP contribution in [-0.2, 0) is 16.6 Å². The molecule has 108 valence electrons. The zero-order valence-electron chi connectivity index (χ0n) is 10.5. The van der Waals surface area contributed by atoms with Crippen molar-refractivity contribution in [1.82, 2.24) is 5.32 Å². The average Bonchev–Trinajstić information content (AvgIpc) is 2.83. The topological polar surface area (TPSA) is 58.2 Å². The second kappa shape index (κ2) is 6.09. The molecule has 0 unspecified atom stereocenters. The van der Waals surface area contributed by atoms with Gasteiger partial charge in [0.15, 0.2) is 0 Å². The predicted molar refractivity (Wildman–Crippen MR) is 79.3 cm³/mol. The summed E-state index contributed by atoms with van der Waals surface area (Å²) in [5.41, 5.74) is -0.167. The van der Waals surface area contributed by atoms with Crippen LogP contribution in [0.5, 0.6) is 0 Å². The standard InChI is InChI=1S/C12H12ClFN2O2S2/c1-15-7-11-12(4-5-19-11)20(17,18)16-10-6-8(13)2-3-9(10)14/h2-6,15-16H,7H2,1H3. The van der Waals surface area contributed by atoms with E-state index in [1.54, 1.807) is 12.4 Å². The third-order valence-corrected chi connectivity index (χ3v) is 5.24. The molecule has 0 aliphatic heterocycles. The monoisotopic (exact) mass is 334 g/mol. The van der Waals surface area contributed by atoms with Gasteiger partial charge >= 0.3 is 0 Å². The molecule has 0 radical (unpaired) electrons. The van der Waals surface area contributed by atoms with Gasteiger partial charge in [-0.25, -0.2) is 12.8 Å². The first kappa shape index (κ1) is 15.2. The van der Waals surface area contributed by atoms with Crippen molar-refractivity contribution >= 4 is 38.6 Å². The molecule has 4 nitrogen and oxygen atoms in total. The molecule has 2 rings (SSSR count). The van der Waals surface area contributed by atoms with Crippen LogP contribution < -0.4 is 10.0 Å². The van der Waals surface area contributed by atoms with Crippen LogP contribution in [0.15, 0.2) is 34.5 Å². The summed E-state index contributed by atoms with van der Waals surface area (Å²) in [4.78, 5) is 0.790. The van der Waals surface area contributed by atoms with Gasteiger partial charge in [0.25, 0.3) is 10.0 Å². The van der Waals surface area contributed by atoms with E-state index < -0.39 is 15.8 Å². The highest BCUT2D eigenvalue weighted by Gasteiger charge is 2.21. The van der Waals surface area contributed by atoms with Crippen LogP contribution in [0.4, 0.5) is 10.1 Å². The largest absolute Gasteiger partial charge is 0.315 e. The van der Waals surface area contributed by atoms with Crippen LogP contribution >= 0.6 is 22.9 Å². The Bertz CT molecular complexity index is 716. The molecule has 0 saturated heterocycles. The average molecular weight is 335 g/mol. The Kier molecular flexibility index (Phi) is 4.64. The smallest absolute Gasteiger partial charge is 0.263 e. The number of sulfonamides is 1. The van der Waals surface area contributed by atoms with Crippen molar-refractivity contribution in [2.45, 2.75) is 11.4 Å². The molecule has 0 spiro atoms. The number of benzene rings is 1. The van der Waals surface area contributed by atoms with Gasteiger partial charge in [-0.2, -0.15) is 0 Å². The molecule has 1 aromatic carbocycles. The molecule has 0 aliphatic carbocycles. The highest BCUT2D eigenvalue weighted by molar-refractivity contribution is 7.93. The summed E-state index contributed by atoms with van der Waals surface area (Å²) in [7, 11) is -2.12. The zero-order valence-corrected chi connectivity index (χ0v) is 12.9. The highest BCUT2D eigenvalue weighted by atomic mass is 35.5. The van der Waals surface area contributed by atoms with E-state index in [4.69, 9.17) is 11.6 Å². The number of nitrogens with one attached hydrogen (secondary N) is 2. The fourth-order valence-corrected chi connectivity index (χ4v) is 4.32. The summed E-state index contributed by atoms with van der Waals surface area (Å²) in [6.45, 7) is 0.423. The molecule has 0 bridgehead atoms. The fourth-order valence-electron chi connectivity index (χ4n) is 1.63. The SMILES string of the molecule is CNCc1sccc1S(=O)(=O)Nc1cc(Cl)ccc1F. The number of thiophene rings is 1. The second-order valence-electron chi connectivity index (χ2n) is 3.97. The lowest BCUT2D eigenvalue weighted by Crippen LogP contribution is -2.16. The van der Waals surface area contributed by atoms with Crippen molar-refractivity contribution in [3.05, 3.63) is 45.4 Å². The fraction of sp³-hybridized carbons (Fsp3) is 0.167. The zero-order chi connectivity index (χ0) is 14.8. The molecule has 1 heterocycles. The summed E-state index contributed by atoms with van der Waals surface area (Å²) < 4.78 is 40.4. The van der Waals surface area contributed by atoms with E-state index in [0.717, 1.165) is 6.07 Å². The first-order valence-corrected chi connectivity index (χ1v) is 8.37. The van der Waals surface area contributed by atoms with Crippen LogP contribution in [0.3, 0.4) is 0 Å². The van der Waals surface area contributed by atoms with Gasteiger partial charge in [0.1, 0.15) is 10.7 Å². The van der Waals surface area contributed by atoms with Gasteiger partial charge in [0, 0.05) is 16.4 Å². The number of halogens is 2. The van der Waals surface area contributed by atoms with Gasteiger partial charge in [-0.05, 0) is 36.7 Å². The van der Waals surface area contributed by atoms with Gasteiger partial charge in [0.2, 0.25) is 0 Å².